The number of hydrogen-bond acceptors (Lipinski definition) is 6. The molecule has 2 heterocycles. The maximum absolute atomic E-state index is 12.7. The second-order valence-corrected chi connectivity index (χ2v) is 8.51. The first kappa shape index (κ1) is 20.7. The predicted octanol–water partition coefficient (Wildman–Crippen LogP) is 3.67. The molecule has 1 fully saturated rings. The number of benzene rings is 1. The number of thioether (sulfide) groups is 1. The topological polar surface area (TPSA) is 107 Å². The SMILES string of the molecule is C[C@H]1C[C@H](C)CN(C(=O)CSc2nc(N)c(C#N)c(-c3ccccc3)c2C#N)C1. The highest BCUT2D eigenvalue weighted by molar-refractivity contribution is 8.00. The number of carbonyl (C=O) groups is 1. The van der Waals surface area contributed by atoms with Crippen LogP contribution in [-0.2, 0) is 4.79 Å². The van der Waals surface area contributed by atoms with Crippen molar-refractivity contribution in [3.63, 3.8) is 0 Å². The van der Waals surface area contributed by atoms with Gasteiger partial charge in [0.15, 0.2) is 0 Å². The first-order valence-electron chi connectivity index (χ1n) is 9.54. The van der Waals surface area contributed by atoms with Crippen LogP contribution in [0.4, 0.5) is 5.82 Å². The lowest BCUT2D eigenvalue weighted by atomic mass is 9.92. The van der Waals surface area contributed by atoms with E-state index in [2.05, 4.69) is 31.0 Å². The molecule has 1 saturated heterocycles. The quantitative estimate of drug-likeness (QED) is 0.778. The fraction of sp³-hybridized carbons (Fsp3) is 0.364. The van der Waals surface area contributed by atoms with E-state index in [1.165, 1.54) is 11.8 Å². The van der Waals surface area contributed by atoms with E-state index in [-0.39, 0.29) is 28.6 Å². The summed E-state index contributed by atoms with van der Waals surface area (Å²) >= 11 is 1.20. The second-order valence-electron chi connectivity index (χ2n) is 7.55. The van der Waals surface area contributed by atoms with Gasteiger partial charge in [0.05, 0.1) is 11.3 Å². The van der Waals surface area contributed by atoms with E-state index in [1.807, 2.05) is 35.2 Å². The van der Waals surface area contributed by atoms with Crippen molar-refractivity contribution >= 4 is 23.5 Å². The first-order valence-corrected chi connectivity index (χ1v) is 10.5. The molecular weight excluding hydrogens is 382 g/mol. The van der Waals surface area contributed by atoms with Crippen molar-refractivity contribution in [2.75, 3.05) is 24.6 Å². The fourth-order valence-electron chi connectivity index (χ4n) is 3.88. The van der Waals surface area contributed by atoms with Gasteiger partial charge in [0.2, 0.25) is 5.91 Å². The number of nitrogens with two attached hydrogens (primary N) is 1. The van der Waals surface area contributed by atoms with Crippen molar-refractivity contribution in [1.82, 2.24) is 9.88 Å². The van der Waals surface area contributed by atoms with Gasteiger partial charge in [-0.3, -0.25) is 4.79 Å². The van der Waals surface area contributed by atoms with E-state index in [9.17, 15) is 15.3 Å². The first-order chi connectivity index (χ1) is 13.9. The average molecular weight is 406 g/mol. The van der Waals surface area contributed by atoms with Crippen LogP contribution in [-0.4, -0.2) is 34.6 Å². The Balaban J connectivity index is 1.90. The molecule has 148 valence electrons. The van der Waals surface area contributed by atoms with Gasteiger partial charge in [-0.1, -0.05) is 55.9 Å². The minimum absolute atomic E-state index is 0.0308. The Morgan fingerprint density at radius 3 is 2.38 bits per heavy atom. The summed E-state index contributed by atoms with van der Waals surface area (Å²) in [7, 11) is 0. The highest BCUT2D eigenvalue weighted by Gasteiger charge is 2.26. The molecule has 1 aromatic carbocycles. The summed E-state index contributed by atoms with van der Waals surface area (Å²) in [4.78, 5) is 18.9. The largest absolute Gasteiger partial charge is 0.383 e. The zero-order chi connectivity index (χ0) is 21.0. The van der Waals surface area contributed by atoms with Crippen molar-refractivity contribution in [3.8, 4) is 23.3 Å². The van der Waals surface area contributed by atoms with E-state index >= 15 is 0 Å². The lowest BCUT2D eigenvalue weighted by Gasteiger charge is -2.35. The van der Waals surface area contributed by atoms with Crippen LogP contribution < -0.4 is 5.73 Å². The van der Waals surface area contributed by atoms with Gasteiger partial charge in [-0.25, -0.2) is 4.98 Å². The standard InChI is InChI=1S/C22H23N5OS/c1-14-8-15(2)12-27(11-14)19(28)13-29-22-18(10-24)20(16-6-4-3-5-7-16)17(9-23)21(25)26-22/h3-7,14-15H,8,11-13H2,1-2H3,(H2,25,26)/t14-,15-/m0/s1. The van der Waals surface area contributed by atoms with Crippen molar-refractivity contribution in [3.05, 3.63) is 41.5 Å². The molecule has 29 heavy (non-hydrogen) atoms. The molecule has 0 bridgehead atoms. The summed E-state index contributed by atoms with van der Waals surface area (Å²) in [5.74, 6) is 1.25. The van der Waals surface area contributed by atoms with Gasteiger partial charge in [0, 0.05) is 18.7 Å². The third-order valence-electron chi connectivity index (χ3n) is 5.03. The number of likely N-dealkylation sites (tertiary alicyclic amines) is 1. The number of hydrogen-bond donors (Lipinski definition) is 1. The number of nitriles is 2. The van der Waals surface area contributed by atoms with Crippen LogP contribution >= 0.6 is 11.8 Å². The van der Waals surface area contributed by atoms with Gasteiger partial charge >= 0.3 is 0 Å². The number of carbonyl (C=O) groups excluding carboxylic acids is 1. The Bertz CT molecular complexity index is 983. The van der Waals surface area contributed by atoms with E-state index < -0.39 is 0 Å². The van der Waals surface area contributed by atoms with Crippen molar-refractivity contribution < 1.29 is 4.79 Å². The molecule has 0 unspecified atom stereocenters. The van der Waals surface area contributed by atoms with Crippen LogP contribution in [0.15, 0.2) is 35.4 Å². The molecule has 1 amide bonds. The van der Waals surface area contributed by atoms with Gasteiger partial charge in [0.1, 0.15) is 28.5 Å². The Kier molecular flexibility index (Phi) is 6.41. The van der Waals surface area contributed by atoms with Crippen molar-refractivity contribution in [2.45, 2.75) is 25.3 Å². The number of piperidine rings is 1. The van der Waals surface area contributed by atoms with Crippen LogP contribution in [0.5, 0.6) is 0 Å². The minimum Gasteiger partial charge on any atom is -0.383 e. The monoisotopic (exact) mass is 405 g/mol. The van der Waals surface area contributed by atoms with Crippen molar-refractivity contribution in [1.29, 1.82) is 10.5 Å². The molecular formula is C22H23N5OS. The summed E-state index contributed by atoms with van der Waals surface area (Å²) in [5, 5.41) is 19.8. The Morgan fingerprint density at radius 1 is 1.17 bits per heavy atom. The number of aromatic nitrogens is 1. The number of rotatable bonds is 4. The molecule has 0 radical (unpaired) electrons. The summed E-state index contributed by atoms with van der Waals surface area (Å²) in [6.07, 6.45) is 1.13. The Morgan fingerprint density at radius 2 is 1.79 bits per heavy atom. The van der Waals surface area contributed by atoms with Crippen LogP contribution in [0, 0.1) is 34.5 Å². The van der Waals surface area contributed by atoms with E-state index in [0.29, 0.717) is 22.4 Å². The van der Waals surface area contributed by atoms with Crippen LogP contribution in [0.1, 0.15) is 31.4 Å². The van der Waals surface area contributed by atoms with E-state index in [1.54, 1.807) is 0 Å². The molecule has 6 nitrogen and oxygen atoms in total. The molecule has 0 saturated carbocycles. The molecule has 1 aliphatic heterocycles. The molecule has 2 atom stereocenters. The molecule has 3 rings (SSSR count). The van der Waals surface area contributed by atoms with Gasteiger partial charge in [-0.2, -0.15) is 10.5 Å². The third kappa shape index (κ3) is 4.52. The van der Waals surface area contributed by atoms with Gasteiger partial charge in [-0.05, 0) is 23.8 Å². The highest BCUT2D eigenvalue weighted by atomic mass is 32.2. The predicted molar refractivity (Wildman–Crippen MR) is 114 cm³/mol. The normalized spacial score (nSPS) is 18.7. The zero-order valence-corrected chi connectivity index (χ0v) is 17.4. The lowest BCUT2D eigenvalue weighted by molar-refractivity contribution is -0.130. The van der Waals surface area contributed by atoms with E-state index in [4.69, 9.17) is 5.73 Å². The van der Waals surface area contributed by atoms with Gasteiger partial charge in [0.25, 0.3) is 0 Å². The number of nitrogen functional groups attached to an aromatic ring is 1. The van der Waals surface area contributed by atoms with Crippen molar-refractivity contribution in [2.24, 2.45) is 11.8 Å². The summed E-state index contributed by atoms with van der Waals surface area (Å²) in [6, 6.07) is 13.4. The highest BCUT2D eigenvalue weighted by Crippen LogP contribution is 2.35. The number of nitrogens with zero attached hydrogens (tertiary/aromatic N) is 4. The number of anilines is 1. The maximum Gasteiger partial charge on any atom is 0.233 e. The van der Waals surface area contributed by atoms with Gasteiger partial charge in [-0.15, -0.1) is 0 Å². The molecule has 0 aliphatic carbocycles. The second kappa shape index (κ2) is 8.98. The molecule has 7 heteroatoms. The average Bonchev–Trinajstić information content (AvgIpc) is 2.71. The number of amides is 1. The zero-order valence-electron chi connectivity index (χ0n) is 16.6. The summed E-state index contributed by atoms with van der Waals surface area (Å²) in [5.41, 5.74) is 7.68. The molecule has 1 aliphatic rings. The number of pyridine rings is 1. The minimum atomic E-state index is 0.0308. The molecule has 1 aromatic heterocycles. The van der Waals surface area contributed by atoms with Gasteiger partial charge < -0.3 is 10.6 Å². The Hall–Kier alpha value is -3.03. The molecule has 0 spiro atoms. The fourth-order valence-corrected chi connectivity index (χ4v) is 4.78. The Labute approximate surface area is 175 Å². The van der Waals surface area contributed by atoms with Crippen LogP contribution in [0.2, 0.25) is 0 Å². The lowest BCUT2D eigenvalue weighted by Crippen LogP contribution is -2.43. The van der Waals surface area contributed by atoms with Crippen LogP contribution in [0.3, 0.4) is 0 Å². The molecule has 2 N–H and O–H groups in total. The molecule has 2 aromatic rings. The van der Waals surface area contributed by atoms with E-state index in [0.717, 1.165) is 25.1 Å². The summed E-state index contributed by atoms with van der Waals surface area (Å²) < 4.78 is 0. The smallest absolute Gasteiger partial charge is 0.233 e. The maximum atomic E-state index is 12.7. The third-order valence-corrected chi connectivity index (χ3v) is 5.99. The van der Waals surface area contributed by atoms with Crippen LogP contribution in [0.25, 0.3) is 11.1 Å². The summed E-state index contributed by atoms with van der Waals surface area (Å²) in [6.45, 7) is 5.83.